The SMILES string of the molecule is NCc1nc(Cl)c(Cl)cc1Br. The highest BCUT2D eigenvalue weighted by atomic mass is 79.9. The molecule has 1 rings (SSSR count). The van der Waals surface area contributed by atoms with Crippen molar-refractivity contribution in [2.45, 2.75) is 6.54 Å². The Hall–Kier alpha value is 0.170. The average Bonchev–Trinajstić information content (AvgIpc) is 1.97. The lowest BCUT2D eigenvalue weighted by Gasteiger charge is -2.01. The summed E-state index contributed by atoms with van der Waals surface area (Å²) < 4.78 is 0.786. The Bertz CT molecular complexity index is 278. The van der Waals surface area contributed by atoms with Crippen LogP contribution >= 0.6 is 39.1 Å². The second kappa shape index (κ2) is 3.72. The molecule has 1 aromatic heterocycles. The molecule has 0 aliphatic heterocycles. The molecule has 0 aromatic carbocycles. The van der Waals surface area contributed by atoms with E-state index >= 15 is 0 Å². The number of halogens is 3. The van der Waals surface area contributed by atoms with Crippen molar-refractivity contribution in [1.29, 1.82) is 0 Å². The first kappa shape index (κ1) is 9.26. The van der Waals surface area contributed by atoms with Crippen LogP contribution in [0.3, 0.4) is 0 Å². The topological polar surface area (TPSA) is 38.9 Å². The summed E-state index contributed by atoms with van der Waals surface area (Å²) in [5.74, 6) is 0. The predicted molar refractivity (Wildman–Crippen MR) is 49.8 cm³/mol. The van der Waals surface area contributed by atoms with Gasteiger partial charge in [0, 0.05) is 11.0 Å². The Morgan fingerprint density at radius 2 is 2.18 bits per heavy atom. The first-order valence-electron chi connectivity index (χ1n) is 2.85. The zero-order chi connectivity index (χ0) is 8.43. The fraction of sp³-hybridized carbons (Fsp3) is 0.167. The number of nitrogens with zero attached hydrogens (tertiary/aromatic N) is 1. The zero-order valence-electron chi connectivity index (χ0n) is 5.44. The maximum Gasteiger partial charge on any atom is 0.148 e. The molecule has 0 aliphatic carbocycles. The molecule has 11 heavy (non-hydrogen) atoms. The predicted octanol–water partition coefficient (Wildman–Crippen LogP) is 2.61. The van der Waals surface area contributed by atoms with Gasteiger partial charge in [-0.3, -0.25) is 0 Å². The molecule has 0 fully saturated rings. The van der Waals surface area contributed by atoms with Crippen LogP contribution in [0, 0.1) is 0 Å². The minimum absolute atomic E-state index is 0.287. The number of hydrogen-bond donors (Lipinski definition) is 1. The van der Waals surface area contributed by atoms with Crippen LogP contribution in [0.25, 0.3) is 0 Å². The van der Waals surface area contributed by atoms with Crippen LogP contribution in [0.5, 0.6) is 0 Å². The van der Waals surface area contributed by atoms with Crippen molar-refractivity contribution in [3.05, 3.63) is 26.4 Å². The Kier molecular flexibility index (Phi) is 3.13. The highest BCUT2D eigenvalue weighted by Gasteiger charge is 2.04. The van der Waals surface area contributed by atoms with Crippen molar-refractivity contribution >= 4 is 39.1 Å². The lowest BCUT2D eigenvalue weighted by Crippen LogP contribution is -2.00. The third-order valence-corrected chi connectivity index (χ3v) is 2.51. The van der Waals surface area contributed by atoms with E-state index in [0.717, 1.165) is 4.47 Å². The Labute approximate surface area is 82.8 Å². The molecule has 60 valence electrons. The number of pyridine rings is 1. The summed E-state index contributed by atoms with van der Waals surface area (Å²) in [6.45, 7) is 0.345. The molecular formula is C6H5BrCl2N2. The van der Waals surface area contributed by atoms with E-state index < -0.39 is 0 Å². The minimum atomic E-state index is 0.287. The summed E-state index contributed by atoms with van der Waals surface area (Å²) in [5, 5.41) is 0.714. The molecule has 0 saturated carbocycles. The molecule has 0 spiro atoms. The molecule has 0 saturated heterocycles. The van der Waals surface area contributed by atoms with Crippen molar-refractivity contribution < 1.29 is 0 Å². The molecule has 0 unspecified atom stereocenters. The minimum Gasteiger partial charge on any atom is -0.325 e. The van der Waals surface area contributed by atoms with Crippen molar-refractivity contribution in [1.82, 2.24) is 4.98 Å². The monoisotopic (exact) mass is 254 g/mol. The average molecular weight is 256 g/mol. The molecular weight excluding hydrogens is 251 g/mol. The summed E-state index contributed by atoms with van der Waals surface area (Å²) in [6.07, 6.45) is 0. The van der Waals surface area contributed by atoms with E-state index in [2.05, 4.69) is 20.9 Å². The third kappa shape index (κ3) is 2.06. The van der Waals surface area contributed by atoms with Crippen molar-refractivity contribution in [3.8, 4) is 0 Å². The summed E-state index contributed by atoms with van der Waals surface area (Å²) in [4.78, 5) is 3.95. The second-order valence-corrected chi connectivity index (χ2v) is 3.51. The molecule has 0 aliphatic rings. The Morgan fingerprint density at radius 1 is 1.55 bits per heavy atom. The first-order valence-corrected chi connectivity index (χ1v) is 4.40. The normalized spacial score (nSPS) is 10.2. The summed E-state index contributed by atoms with van der Waals surface area (Å²) >= 11 is 14.6. The van der Waals surface area contributed by atoms with Gasteiger partial charge in [0.15, 0.2) is 0 Å². The van der Waals surface area contributed by atoms with Gasteiger partial charge in [-0.15, -0.1) is 0 Å². The summed E-state index contributed by atoms with van der Waals surface area (Å²) in [6, 6.07) is 1.68. The van der Waals surface area contributed by atoms with Gasteiger partial charge < -0.3 is 5.73 Å². The van der Waals surface area contributed by atoms with Gasteiger partial charge in [-0.1, -0.05) is 23.2 Å². The standard InChI is InChI=1S/C6H5BrCl2N2/c7-3-1-4(8)6(9)11-5(3)2-10/h1H,2,10H2. The van der Waals surface area contributed by atoms with Gasteiger partial charge in [-0.2, -0.15) is 0 Å². The first-order chi connectivity index (χ1) is 5.15. The van der Waals surface area contributed by atoms with Gasteiger partial charge in [-0.25, -0.2) is 4.98 Å². The van der Waals surface area contributed by atoms with Crippen LogP contribution in [-0.2, 0) is 6.54 Å². The summed E-state index contributed by atoms with van der Waals surface area (Å²) in [5.41, 5.74) is 6.08. The van der Waals surface area contributed by atoms with E-state index in [9.17, 15) is 0 Å². The quantitative estimate of drug-likeness (QED) is 0.784. The van der Waals surface area contributed by atoms with Gasteiger partial charge in [-0.05, 0) is 22.0 Å². The summed E-state index contributed by atoms with van der Waals surface area (Å²) in [7, 11) is 0. The Morgan fingerprint density at radius 3 is 2.73 bits per heavy atom. The van der Waals surface area contributed by atoms with Crippen molar-refractivity contribution in [2.75, 3.05) is 0 Å². The maximum atomic E-state index is 5.68. The van der Waals surface area contributed by atoms with Gasteiger partial charge in [0.1, 0.15) is 5.15 Å². The van der Waals surface area contributed by atoms with Crippen molar-refractivity contribution in [2.24, 2.45) is 5.73 Å². The number of rotatable bonds is 1. The fourth-order valence-corrected chi connectivity index (χ4v) is 1.54. The lowest BCUT2D eigenvalue weighted by atomic mass is 10.3. The number of aromatic nitrogens is 1. The molecule has 5 heteroatoms. The zero-order valence-corrected chi connectivity index (χ0v) is 8.54. The molecule has 0 atom stereocenters. The van der Waals surface area contributed by atoms with Crippen LogP contribution in [0.4, 0.5) is 0 Å². The van der Waals surface area contributed by atoms with E-state index in [1.807, 2.05) is 0 Å². The lowest BCUT2D eigenvalue weighted by molar-refractivity contribution is 0.980. The van der Waals surface area contributed by atoms with Crippen molar-refractivity contribution in [3.63, 3.8) is 0 Å². The van der Waals surface area contributed by atoms with E-state index in [0.29, 0.717) is 17.3 Å². The third-order valence-electron chi connectivity index (χ3n) is 1.15. The highest BCUT2D eigenvalue weighted by molar-refractivity contribution is 9.10. The van der Waals surface area contributed by atoms with Crippen LogP contribution in [-0.4, -0.2) is 4.98 Å². The second-order valence-electron chi connectivity index (χ2n) is 1.89. The molecule has 0 bridgehead atoms. The molecule has 1 heterocycles. The van der Waals surface area contributed by atoms with E-state index in [4.69, 9.17) is 28.9 Å². The Balaban J connectivity index is 3.21. The molecule has 2 N–H and O–H groups in total. The molecule has 2 nitrogen and oxygen atoms in total. The van der Waals surface area contributed by atoms with Gasteiger partial charge in [0.05, 0.1) is 10.7 Å². The maximum absolute atomic E-state index is 5.68. The fourth-order valence-electron chi connectivity index (χ4n) is 0.623. The van der Waals surface area contributed by atoms with E-state index in [-0.39, 0.29) is 5.15 Å². The smallest absolute Gasteiger partial charge is 0.148 e. The van der Waals surface area contributed by atoms with Crippen LogP contribution in [0.1, 0.15) is 5.69 Å². The van der Waals surface area contributed by atoms with Crippen LogP contribution in [0.15, 0.2) is 10.5 Å². The molecule has 0 amide bonds. The number of nitrogens with two attached hydrogens (primary N) is 1. The van der Waals surface area contributed by atoms with Gasteiger partial charge in [0.2, 0.25) is 0 Å². The molecule has 1 aromatic rings. The van der Waals surface area contributed by atoms with Gasteiger partial charge in [0.25, 0.3) is 0 Å². The van der Waals surface area contributed by atoms with E-state index in [1.165, 1.54) is 0 Å². The van der Waals surface area contributed by atoms with Crippen LogP contribution in [0.2, 0.25) is 10.2 Å². The van der Waals surface area contributed by atoms with Crippen LogP contribution < -0.4 is 5.73 Å². The largest absolute Gasteiger partial charge is 0.325 e. The van der Waals surface area contributed by atoms with E-state index in [1.54, 1.807) is 6.07 Å². The molecule has 0 radical (unpaired) electrons. The van der Waals surface area contributed by atoms with Gasteiger partial charge >= 0.3 is 0 Å². The number of hydrogen-bond acceptors (Lipinski definition) is 2. The highest BCUT2D eigenvalue weighted by Crippen LogP contribution is 2.25.